The maximum Gasteiger partial charge on any atom is 0.131 e. The Labute approximate surface area is 119 Å². The van der Waals surface area contributed by atoms with Crippen molar-refractivity contribution in [2.75, 3.05) is 13.7 Å². The predicted octanol–water partition coefficient (Wildman–Crippen LogP) is 4.00. The van der Waals surface area contributed by atoms with Crippen LogP contribution in [-0.2, 0) is 6.54 Å². The van der Waals surface area contributed by atoms with Gasteiger partial charge >= 0.3 is 0 Å². The van der Waals surface area contributed by atoms with Crippen LogP contribution in [0.15, 0.2) is 42.5 Å². The fourth-order valence-corrected chi connectivity index (χ4v) is 2.08. The smallest absolute Gasteiger partial charge is 0.131 e. The molecule has 0 fully saturated rings. The molecule has 0 unspecified atom stereocenters. The largest absolute Gasteiger partial charge is 0.497 e. The second kappa shape index (κ2) is 7.06. The summed E-state index contributed by atoms with van der Waals surface area (Å²) in [7, 11) is 1.62. The molecule has 20 heavy (non-hydrogen) atoms. The molecule has 2 aromatic rings. The number of hydrogen-bond acceptors (Lipinski definition) is 2. The Morgan fingerprint density at radius 3 is 2.50 bits per heavy atom. The molecule has 0 saturated carbocycles. The van der Waals surface area contributed by atoms with Crippen LogP contribution >= 0.6 is 0 Å². The van der Waals surface area contributed by atoms with Crippen LogP contribution in [0, 0.1) is 5.82 Å². The normalized spacial score (nSPS) is 10.6. The molecule has 0 radical (unpaired) electrons. The van der Waals surface area contributed by atoms with E-state index in [9.17, 15) is 4.39 Å². The van der Waals surface area contributed by atoms with Crippen molar-refractivity contribution in [1.29, 1.82) is 0 Å². The van der Waals surface area contributed by atoms with Gasteiger partial charge in [0.1, 0.15) is 11.6 Å². The lowest BCUT2D eigenvalue weighted by molar-refractivity contribution is 0.415. The van der Waals surface area contributed by atoms with Gasteiger partial charge in [0.05, 0.1) is 7.11 Å². The number of ether oxygens (including phenoxy) is 1. The topological polar surface area (TPSA) is 21.3 Å². The molecular formula is C17H20FNO. The minimum Gasteiger partial charge on any atom is -0.497 e. The molecule has 0 amide bonds. The van der Waals surface area contributed by atoms with Gasteiger partial charge in [-0.05, 0) is 48.4 Å². The van der Waals surface area contributed by atoms with Crippen molar-refractivity contribution >= 4 is 0 Å². The van der Waals surface area contributed by atoms with E-state index in [2.05, 4.69) is 12.2 Å². The molecule has 0 heterocycles. The number of methoxy groups -OCH3 is 1. The molecule has 1 N–H and O–H groups in total. The molecule has 2 nitrogen and oxygen atoms in total. The SMILES string of the molecule is CCCNCc1ccc(F)c(-c2ccc(OC)cc2)c1. The lowest BCUT2D eigenvalue weighted by atomic mass is 10.0. The molecular weight excluding hydrogens is 253 g/mol. The van der Waals surface area contributed by atoms with E-state index in [4.69, 9.17) is 4.74 Å². The summed E-state index contributed by atoms with van der Waals surface area (Å²) in [6.45, 7) is 3.85. The zero-order valence-electron chi connectivity index (χ0n) is 11.9. The van der Waals surface area contributed by atoms with Crippen molar-refractivity contribution in [3.05, 3.63) is 53.8 Å². The maximum absolute atomic E-state index is 14.0. The number of benzene rings is 2. The first-order valence-corrected chi connectivity index (χ1v) is 6.88. The second-order valence-electron chi connectivity index (χ2n) is 4.72. The van der Waals surface area contributed by atoms with Gasteiger partial charge in [-0.25, -0.2) is 4.39 Å². The van der Waals surface area contributed by atoms with E-state index in [1.54, 1.807) is 7.11 Å². The van der Waals surface area contributed by atoms with Crippen LogP contribution in [0.25, 0.3) is 11.1 Å². The average molecular weight is 273 g/mol. The van der Waals surface area contributed by atoms with E-state index < -0.39 is 0 Å². The zero-order chi connectivity index (χ0) is 14.4. The van der Waals surface area contributed by atoms with Crippen LogP contribution in [-0.4, -0.2) is 13.7 Å². The fourth-order valence-electron chi connectivity index (χ4n) is 2.08. The highest BCUT2D eigenvalue weighted by molar-refractivity contribution is 5.65. The number of rotatable bonds is 6. The van der Waals surface area contributed by atoms with E-state index in [1.165, 1.54) is 6.07 Å². The Morgan fingerprint density at radius 1 is 1.10 bits per heavy atom. The van der Waals surface area contributed by atoms with Gasteiger partial charge in [-0.3, -0.25) is 0 Å². The Morgan fingerprint density at radius 2 is 1.85 bits per heavy atom. The van der Waals surface area contributed by atoms with Gasteiger partial charge in [0.2, 0.25) is 0 Å². The van der Waals surface area contributed by atoms with Crippen LogP contribution in [0.3, 0.4) is 0 Å². The van der Waals surface area contributed by atoms with E-state index in [0.29, 0.717) is 5.56 Å². The van der Waals surface area contributed by atoms with Gasteiger partial charge in [0, 0.05) is 12.1 Å². The molecule has 0 spiro atoms. The van der Waals surface area contributed by atoms with E-state index in [0.717, 1.165) is 36.4 Å². The lowest BCUT2D eigenvalue weighted by Crippen LogP contribution is -2.13. The monoisotopic (exact) mass is 273 g/mol. The summed E-state index contributed by atoms with van der Waals surface area (Å²) < 4.78 is 19.1. The van der Waals surface area contributed by atoms with Crippen molar-refractivity contribution in [2.24, 2.45) is 0 Å². The highest BCUT2D eigenvalue weighted by atomic mass is 19.1. The molecule has 2 aromatic carbocycles. The Balaban J connectivity index is 2.22. The third kappa shape index (κ3) is 3.58. The fraction of sp³-hybridized carbons (Fsp3) is 0.294. The molecule has 0 aliphatic carbocycles. The van der Waals surface area contributed by atoms with Crippen molar-refractivity contribution in [1.82, 2.24) is 5.32 Å². The van der Waals surface area contributed by atoms with Crippen LogP contribution in [0.4, 0.5) is 4.39 Å². The van der Waals surface area contributed by atoms with E-state index >= 15 is 0 Å². The molecule has 0 atom stereocenters. The average Bonchev–Trinajstić information content (AvgIpc) is 2.49. The van der Waals surface area contributed by atoms with E-state index in [-0.39, 0.29) is 5.82 Å². The molecule has 0 aromatic heterocycles. The van der Waals surface area contributed by atoms with Crippen molar-refractivity contribution in [3.8, 4) is 16.9 Å². The van der Waals surface area contributed by atoms with Crippen molar-refractivity contribution < 1.29 is 9.13 Å². The van der Waals surface area contributed by atoms with Crippen LogP contribution in [0.5, 0.6) is 5.75 Å². The molecule has 3 heteroatoms. The summed E-state index contributed by atoms with van der Waals surface area (Å²) in [5, 5.41) is 3.33. The Kier molecular flexibility index (Phi) is 5.13. The molecule has 0 aliphatic heterocycles. The minimum absolute atomic E-state index is 0.200. The van der Waals surface area contributed by atoms with Gasteiger partial charge in [-0.15, -0.1) is 0 Å². The molecule has 0 aliphatic rings. The molecule has 0 saturated heterocycles. The zero-order valence-corrected chi connectivity index (χ0v) is 11.9. The first-order valence-electron chi connectivity index (χ1n) is 6.88. The lowest BCUT2D eigenvalue weighted by Gasteiger charge is -2.09. The molecule has 0 bridgehead atoms. The number of halogens is 1. The van der Waals surface area contributed by atoms with Gasteiger partial charge in [-0.1, -0.05) is 25.1 Å². The summed E-state index contributed by atoms with van der Waals surface area (Å²) in [5.41, 5.74) is 2.58. The van der Waals surface area contributed by atoms with Crippen LogP contribution in [0.1, 0.15) is 18.9 Å². The highest BCUT2D eigenvalue weighted by Crippen LogP contribution is 2.26. The summed E-state index contributed by atoms with van der Waals surface area (Å²) in [4.78, 5) is 0. The number of hydrogen-bond donors (Lipinski definition) is 1. The van der Waals surface area contributed by atoms with Gasteiger partial charge in [0.25, 0.3) is 0 Å². The first-order chi connectivity index (χ1) is 9.74. The quantitative estimate of drug-likeness (QED) is 0.803. The second-order valence-corrected chi connectivity index (χ2v) is 4.72. The summed E-state index contributed by atoms with van der Waals surface area (Å²) in [6.07, 6.45) is 1.09. The summed E-state index contributed by atoms with van der Waals surface area (Å²) >= 11 is 0. The number of nitrogens with one attached hydrogen (secondary N) is 1. The molecule has 106 valence electrons. The van der Waals surface area contributed by atoms with Crippen LogP contribution in [0.2, 0.25) is 0 Å². The minimum atomic E-state index is -0.200. The van der Waals surface area contributed by atoms with Gasteiger partial charge in [-0.2, -0.15) is 0 Å². The van der Waals surface area contributed by atoms with Crippen molar-refractivity contribution in [3.63, 3.8) is 0 Å². The third-order valence-corrected chi connectivity index (χ3v) is 3.19. The standard InChI is InChI=1S/C17H20FNO/c1-3-10-19-12-13-4-9-17(18)16(11-13)14-5-7-15(20-2)8-6-14/h4-9,11,19H,3,10,12H2,1-2H3. The summed E-state index contributed by atoms with van der Waals surface area (Å²) in [6, 6.07) is 12.7. The Bertz CT molecular complexity index is 551. The van der Waals surface area contributed by atoms with Crippen molar-refractivity contribution in [2.45, 2.75) is 19.9 Å². The highest BCUT2D eigenvalue weighted by Gasteiger charge is 2.06. The third-order valence-electron chi connectivity index (χ3n) is 3.19. The van der Waals surface area contributed by atoms with E-state index in [1.807, 2.05) is 36.4 Å². The molecule has 2 rings (SSSR count). The van der Waals surface area contributed by atoms with Gasteiger partial charge < -0.3 is 10.1 Å². The maximum atomic E-state index is 14.0. The summed E-state index contributed by atoms with van der Waals surface area (Å²) in [5.74, 6) is 0.573. The predicted molar refractivity (Wildman–Crippen MR) is 80.4 cm³/mol. The Hall–Kier alpha value is -1.87. The van der Waals surface area contributed by atoms with Gasteiger partial charge in [0.15, 0.2) is 0 Å². The first kappa shape index (κ1) is 14.5. The van der Waals surface area contributed by atoms with Crippen LogP contribution < -0.4 is 10.1 Å².